The second-order valence-corrected chi connectivity index (χ2v) is 4.56. The van der Waals surface area contributed by atoms with E-state index in [0.717, 1.165) is 22.8 Å². The highest BCUT2D eigenvalue weighted by Gasteiger charge is 2.22. The van der Waals surface area contributed by atoms with E-state index in [1.54, 1.807) is 6.08 Å². The highest BCUT2D eigenvalue weighted by molar-refractivity contribution is 5.73. The maximum Gasteiger partial charge on any atom is 0.114 e. The molecule has 3 rings (SSSR count). The molecule has 1 aliphatic rings. The molecule has 0 unspecified atom stereocenters. The van der Waals surface area contributed by atoms with E-state index in [1.807, 2.05) is 53.9 Å². The average molecular weight is 241 g/mol. The van der Waals surface area contributed by atoms with Crippen LogP contribution in [0.25, 0.3) is 11.8 Å². The summed E-state index contributed by atoms with van der Waals surface area (Å²) in [4.78, 5) is 2.02. The van der Waals surface area contributed by atoms with Crippen molar-refractivity contribution in [3.8, 4) is 5.69 Å². The molecule has 92 valence electrons. The van der Waals surface area contributed by atoms with Crippen molar-refractivity contribution in [1.29, 1.82) is 0 Å². The Kier molecular flexibility index (Phi) is 2.37. The fourth-order valence-corrected chi connectivity index (χ4v) is 2.43. The molecule has 1 N–H and O–H groups in total. The summed E-state index contributed by atoms with van der Waals surface area (Å²) in [5.74, 6) is 0.363. The number of aryl methyl sites for hydroxylation is 1. The van der Waals surface area contributed by atoms with Crippen LogP contribution < -0.4 is 4.90 Å². The van der Waals surface area contributed by atoms with Gasteiger partial charge in [0.05, 0.1) is 29.3 Å². The number of para-hydroxylation sites is 1. The maximum absolute atomic E-state index is 9.79. The molecule has 0 radical (unpaired) electrons. The number of nitrogens with zero attached hydrogens (tertiary/aromatic N) is 3. The van der Waals surface area contributed by atoms with Gasteiger partial charge in [-0.05, 0) is 19.1 Å². The Balaban J connectivity index is 2.23. The van der Waals surface area contributed by atoms with Crippen molar-refractivity contribution in [1.82, 2.24) is 9.78 Å². The quantitative estimate of drug-likeness (QED) is 0.834. The predicted octanol–water partition coefficient (Wildman–Crippen LogP) is 2.53. The van der Waals surface area contributed by atoms with Gasteiger partial charge in [-0.25, -0.2) is 4.68 Å². The van der Waals surface area contributed by atoms with E-state index in [1.165, 1.54) is 0 Å². The second kappa shape index (κ2) is 3.91. The largest absolute Gasteiger partial charge is 0.510 e. The lowest BCUT2D eigenvalue weighted by Crippen LogP contribution is -2.24. The molecule has 2 aromatic rings. The van der Waals surface area contributed by atoms with Gasteiger partial charge in [0.15, 0.2) is 0 Å². The SMILES string of the molecule is Cc1nn(-c2ccccc2)c2c1N(C)CC(O)=C2. The van der Waals surface area contributed by atoms with Gasteiger partial charge in [0.1, 0.15) is 5.76 Å². The van der Waals surface area contributed by atoms with Gasteiger partial charge in [-0.15, -0.1) is 0 Å². The number of rotatable bonds is 1. The average Bonchev–Trinajstić information content (AvgIpc) is 2.67. The summed E-state index contributed by atoms with van der Waals surface area (Å²) in [5.41, 5.74) is 3.99. The van der Waals surface area contributed by atoms with E-state index in [4.69, 9.17) is 0 Å². The summed E-state index contributed by atoms with van der Waals surface area (Å²) in [6, 6.07) is 9.95. The molecule has 0 spiro atoms. The van der Waals surface area contributed by atoms with E-state index in [0.29, 0.717) is 12.3 Å². The zero-order valence-electron chi connectivity index (χ0n) is 10.5. The summed E-state index contributed by atoms with van der Waals surface area (Å²) in [5, 5.41) is 14.4. The fraction of sp³-hybridized carbons (Fsp3) is 0.214. The molecule has 0 atom stereocenters. The van der Waals surface area contributed by atoms with Gasteiger partial charge in [-0.2, -0.15) is 5.10 Å². The summed E-state index contributed by atoms with van der Waals surface area (Å²) in [6.07, 6.45) is 1.79. The lowest BCUT2D eigenvalue weighted by atomic mass is 10.2. The van der Waals surface area contributed by atoms with Crippen LogP contribution in [0.1, 0.15) is 11.4 Å². The van der Waals surface area contributed by atoms with Gasteiger partial charge < -0.3 is 10.0 Å². The van der Waals surface area contributed by atoms with Gasteiger partial charge in [0, 0.05) is 13.1 Å². The molecule has 0 fully saturated rings. The molecular weight excluding hydrogens is 226 g/mol. The van der Waals surface area contributed by atoms with Crippen LogP contribution in [0.15, 0.2) is 36.1 Å². The summed E-state index contributed by atoms with van der Waals surface area (Å²) < 4.78 is 1.87. The molecule has 0 saturated heterocycles. The van der Waals surface area contributed by atoms with E-state index < -0.39 is 0 Å². The third-order valence-electron chi connectivity index (χ3n) is 3.15. The van der Waals surface area contributed by atoms with E-state index >= 15 is 0 Å². The minimum Gasteiger partial charge on any atom is -0.510 e. The first-order chi connectivity index (χ1) is 8.66. The van der Waals surface area contributed by atoms with Crippen LogP contribution in [-0.4, -0.2) is 28.5 Å². The smallest absolute Gasteiger partial charge is 0.114 e. The Morgan fingerprint density at radius 1 is 1.22 bits per heavy atom. The number of likely N-dealkylation sites (N-methyl/N-ethyl adjacent to an activating group) is 1. The van der Waals surface area contributed by atoms with E-state index in [9.17, 15) is 5.11 Å². The number of aliphatic hydroxyl groups excluding tert-OH is 1. The molecular formula is C14H15N3O. The number of hydrogen-bond acceptors (Lipinski definition) is 3. The summed E-state index contributed by atoms with van der Waals surface area (Å²) >= 11 is 0. The first kappa shape index (κ1) is 10.9. The second-order valence-electron chi connectivity index (χ2n) is 4.56. The summed E-state index contributed by atoms with van der Waals surface area (Å²) in [7, 11) is 1.96. The lowest BCUT2D eigenvalue weighted by Gasteiger charge is -2.23. The molecule has 0 amide bonds. The number of benzene rings is 1. The Morgan fingerprint density at radius 3 is 2.67 bits per heavy atom. The Bertz CT molecular complexity index is 613. The van der Waals surface area contributed by atoms with Gasteiger partial charge in [-0.3, -0.25) is 0 Å². The first-order valence-electron chi connectivity index (χ1n) is 5.92. The van der Waals surface area contributed by atoms with Crippen molar-refractivity contribution in [3.63, 3.8) is 0 Å². The molecule has 2 heterocycles. The Labute approximate surface area is 106 Å². The van der Waals surface area contributed by atoms with Crippen molar-refractivity contribution >= 4 is 11.8 Å². The van der Waals surface area contributed by atoms with Crippen LogP contribution in [-0.2, 0) is 0 Å². The molecule has 0 saturated carbocycles. The van der Waals surface area contributed by atoms with Crippen LogP contribution in [0, 0.1) is 6.92 Å². The molecule has 4 nitrogen and oxygen atoms in total. The van der Waals surface area contributed by atoms with E-state index in [-0.39, 0.29) is 0 Å². The van der Waals surface area contributed by atoms with Gasteiger partial charge in [-0.1, -0.05) is 18.2 Å². The third-order valence-corrected chi connectivity index (χ3v) is 3.15. The molecule has 4 heteroatoms. The summed E-state index contributed by atoms with van der Waals surface area (Å²) in [6.45, 7) is 2.53. The monoisotopic (exact) mass is 241 g/mol. The van der Waals surface area contributed by atoms with Crippen molar-refractivity contribution in [2.45, 2.75) is 6.92 Å². The van der Waals surface area contributed by atoms with Crippen LogP contribution in [0.2, 0.25) is 0 Å². The van der Waals surface area contributed by atoms with Crippen molar-refractivity contribution in [2.75, 3.05) is 18.5 Å². The highest BCUT2D eigenvalue weighted by Crippen LogP contribution is 2.31. The molecule has 1 aromatic carbocycles. The van der Waals surface area contributed by atoms with Crippen LogP contribution >= 0.6 is 0 Å². The molecule has 1 aromatic heterocycles. The minimum absolute atomic E-state index is 0.363. The normalized spacial score (nSPS) is 14.3. The zero-order chi connectivity index (χ0) is 12.7. The minimum atomic E-state index is 0.363. The number of anilines is 1. The number of hydrogen-bond donors (Lipinski definition) is 1. The standard InChI is InChI=1S/C14H15N3O/c1-10-14-13(8-12(18)9-16(14)2)17(15-10)11-6-4-3-5-7-11/h3-8,18H,9H2,1-2H3. The van der Waals surface area contributed by atoms with Crippen LogP contribution in [0.5, 0.6) is 0 Å². The Hall–Kier alpha value is -2.23. The molecule has 1 aliphatic heterocycles. The predicted molar refractivity (Wildman–Crippen MR) is 72.2 cm³/mol. The number of fused-ring (bicyclic) bond motifs is 1. The lowest BCUT2D eigenvalue weighted by molar-refractivity contribution is 0.404. The first-order valence-corrected chi connectivity index (χ1v) is 5.92. The fourth-order valence-electron chi connectivity index (χ4n) is 2.43. The number of aliphatic hydroxyl groups is 1. The molecule has 0 aliphatic carbocycles. The third kappa shape index (κ3) is 1.57. The van der Waals surface area contributed by atoms with Crippen molar-refractivity contribution in [2.24, 2.45) is 0 Å². The van der Waals surface area contributed by atoms with Crippen LogP contribution in [0.4, 0.5) is 5.69 Å². The van der Waals surface area contributed by atoms with Crippen LogP contribution in [0.3, 0.4) is 0 Å². The molecule has 18 heavy (non-hydrogen) atoms. The van der Waals surface area contributed by atoms with Gasteiger partial charge in [0.2, 0.25) is 0 Å². The highest BCUT2D eigenvalue weighted by atomic mass is 16.3. The van der Waals surface area contributed by atoms with Crippen molar-refractivity contribution < 1.29 is 5.11 Å². The van der Waals surface area contributed by atoms with Gasteiger partial charge >= 0.3 is 0 Å². The Morgan fingerprint density at radius 2 is 1.94 bits per heavy atom. The topological polar surface area (TPSA) is 41.3 Å². The van der Waals surface area contributed by atoms with E-state index in [2.05, 4.69) is 5.10 Å². The maximum atomic E-state index is 9.79. The molecule has 0 bridgehead atoms. The number of aromatic nitrogens is 2. The van der Waals surface area contributed by atoms with Crippen molar-refractivity contribution in [3.05, 3.63) is 47.5 Å². The zero-order valence-corrected chi connectivity index (χ0v) is 10.5. The van der Waals surface area contributed by atoms with Gasteiger partial charge in [0.25, 0.3) is 0 Å².